The van der Waals surface area contributed by atoms with E-state index in [1.807, 2.05) is 30.3 Å². The molecule has 1 N–H and O–H groups in total. The minimum atomic E-state index is -0.641. The Bertz CT molecular complexity index is 910. The summed E-state index contributed by atoms with van der Waals surface area (Å²) in [6, 6.07) is 14.8. The highest BCUT2D eigenvalue weighted by molar-refractivity contribution is 6.01. The van der Waals surface area contributed by atoms with Crippen molar-refractivity contribution in [3.63, 3.8) is 0 Å². The fourth-order valence-corrected chi connectivity index (χ4v) is 3.49. The van der Waals surface area contributed by atoms with Crippen LogP contribution in [0, 0.1) is 5.82 Å². The summed E-state index contributed by atoms with van der Waals surface area (Å²) in [7, 11) is 1.64. The van der Waals surface area contributed by atoms with Gasteiger partial charge in [0.05, 0.1) is 23.9 Å². The molecule has 1 atom stereocenters. The summed E-state index contributed by atoms with van der Waals surface area (Å²) in [4.78, 5) is 28.6. The van der Waals surface area contributed by atoms with Crippen molar-refractivity contribution in [3.8, 4) is 0 Å². The molecular formula is C20H18FN3O2. The Balaban J connectivity index is 1.69. The van der Waals surface area contributed by atoms with E-state index in [0.29, 0.717) is 29.9 Å². The summed E-state index contributed by atoms with van der Waals surface area (Å²) >= 11 is 0. The van der Waals surface area contributed by atoms with Crippen LogP contribution in [0.5, 0.6) is 0 Å². The smallest absolute Gasteiger partial charge is 0.322 e. The minimum Gasteiger partial charge on any atom is -0.329 e. The Labute approximate surface area is 150 Å². The summed E-state index contributed by atoms with van der Waals surface area (Å²) < 4.78 is 13.7. The van der Waals surface area contributed by atoms with Gasteiger partial charge in [0.15, 0.2) is 0 Å². The molecule has 0 radical (unpaired) electrons. The molecule has 2 aliphatic rings. The second-order valence-corrected chi connectivity index (χ2v) is 6.50. The van der Waals surface area contributed by atoms with Crippen molar-refractivity contribution in [2.24, 2.45) is 0 Å². The third-order valence-corrected chi connectivity index (χ3v) is 4.83. The van der Waals surface area contributed by atoms with E-state index in [4.69, 9.17) is 0 Å². The number of nitrogens with zero attached hydrogens (tertiary/aromatic N) is 2. The van der Waals surface area contributed by atoms with Crippen LogP contribution in [0.4, 0.5) is 9.18 Å². The first-order valence-corrected chi connectivity index (χ1v) is 8.40. The van der Waals surface area contributed by atoms with Gasteiger partial charge >= 0.3 is 6.03 Å². The number of hydrogen-bond donors (Lipinski definition) is 1. The third kappa shape index (κ3) is 2.73. The monoisotopic (exact) mass is 351 g/mol. The van der Waals surface area contributed by atoms with Gasteiger partial charge in [-0.1, -0.05) is 42.5 Å². The standard InChI is InChI=1S/C20H18FN3O2/c1-23-16-12-24(11-13-6-3-2-4-7-13)19(25)17(16)18(22-20(23)26)14-8-5-9-15(21)10-14/h2-10,18H,11-12H2,1H3,(H,22,26)/t18-/m0/s1. The van der Waals surface area contributed by atoms with Crippen LogP contribution in [0.1, 0.15) is 17.2 Å². The van der Waals surface area contributed by atoms with Crippen molar-refractivity contribution in [2.75, 3.05) is 13.6 Å². The van der Waals surface area contributed by atoms with E-state index < -0.39 is 11.9 Å². The van der Waals surface area contributed by atoms with E-state index >= 15 is 0 Å². The molecule has 6 heteroatoms. The summed E-state index contributed by atoms with van der Waals surface area (Å²) in [5.74, 6) is -0.533. The lowest BCUT2D eigenvalue weighted by Crippen LogP contribution is -2.45. The van der Waals surface area contributed by atoms with E-state index in [0.717, 1.165) is 5.56 Å². The quantitative estimate of drug-likeness (QED) is 0.925. The molecule has 5 nitrogen and oxygen atoms in total. The Morgan fingerprint density at radius 3 is 2.62 bits per heavy atom. The summed E-state index contributed by atoms with van der Waals surface area (Å²) in [5.41, 5.74) is 2.76. The van der Waals surface area contributed by atoms with Gasteiger partial charge < -0.3 is 10.2 Å². The second kappa shape index (κ2) is 6.29. The maximum atomic E-state index is 13.7. The van der Waals surface area contributed by atoms with Gasteiger partial charge in [-0.15, -0.1) is 0 Å². The molecule has 2 heterocycles. The molecule has 0 bridgehead atoms. The molecule has 0 unspecified atom stereocenters. The molecule has 2 aromatic rings. The average molecular weight is 351 g/mol. The number of carbonyl (C=O) groups is 2. The number of carbonyl (C=O) groups excluding carboxylic acids is 2. The zero-order valence-corrected chi connectivity index (χ0v) is 14.3. The topological polar surface area (TPSA) is 52.7 Å². The Morgan fingerprint density at radius 1 is 1.12 bits per heavy atom. The van der Waals surface area contributed by atoms with Crippen LogP contribution in [0.25, 0.3) is 0 Å². The van der Waals surface area contributed by atoms with Gasteiger partial charge in [0.1, 0.15) is 5.82 Å². The molecule has 0 saturated heterocycles. The third-order valence-electron chi connectivity index (χ3n) is 4.83. The van der Waals surface area contributed by atoms with Crippen molar-refractivity contribution in [3.05, 3.63) is 82.8 Å². The molecule has 0 aromatic heterocycles. The van der Waals surface area contributed by atoms with E-state index in [1.165, 1.54) is 17.0 Å². The minimum absolute atomic E-state index is 0.134. The van der Waals surface area contributed by atoms with Crippen LogP contribution in [0.15, 0.2) is 65.9 Å². The molecule has 132 valence electrons. The first kappa shape index (κ1) is 16.3. The SMILES string of the molecule is CN1C(=O)N[C@@H](c2cccc(F)c2)C2=C1CN(Cc1ccccc1)C2=O. The van der Waals surface area contributed by atoms with Crippen LogP contribution in [-0.2, 0) is 11.3 Å². The number of urea groups is 1. The number of likely N-dealkylation sites (N-methyl/N-ethyl adjacent to an activating group) is 1. The predicted molar refractivity (Wildman–Crippen MR) is 94.3 cm³/mol. The van der Waals surface area contributed by atoms with Crippen LogP contribution < -0.4 is 5.32 Å². The molecule has 0 aliphatic carbocycles. The predicted octanol–water partition coefficient (Wildman–Crippen LogP) is 2.82. The number of nitrogens with one attached hydrogen (secondary N) is 1. The van der Waals surface area contributed by atoms with E-state index in [1.54, 1.807) is 24.1 Å². The fraction of sp³-hybridized carbons (Fsp3) is 0.200. The van der Waals surface area contributed by atoms with Gasteiger partial charge in [0.2, 0.25) is 0 Å². The molecule has 0 spiro atoms. The number of halogens is 1. The zero-order chi connectivity index (χ0) is 18.3. The van der Waals surface area contributed by atoms with Gasteiger partial charge in [-0.25, -0.2) is 9.18 Å². The highest BCUT2D eigenvalue weighted by Crippen LogP contribution is 2.36. The van der Waals surface area contributed by atoms with Gasteiger partial charge in [-0.05, 0) is 23.3 Å². The van der Waals surface area contributed by atoms with Crippen molar-refractivity contribution in [1.82, 2.24) is 15.1 Å². The highest BCUT2D eigenvalue weighted by Gasteiger charge is 2.42. The Hall–Kier alpha value is -3.15. The largest absolute Gasteiger partial charge is 0.329 e. The normalized spacial score (nSPS) is 19.7. The lowest BCUT2D eigenvalue weighted by molar-refractivity contribution is -0.126. The maximum absolute atomic E-state index is 13.7. The second-order valence-electron chi connectivity index (χ2n) is 6.50. The van der Waals surface area contributed by atoms with Crippen molar-refractivity contribution >= 4 is 11.9 Å². The van der Waals surface area contributed by atoms with Crippen molar-refractivity contribution in [2.45, 2.75) is 12.6 Å². The number of benzene rings is 2. The highest BCUT2D eigenvalue weighted by atomic mass is 19.1. The number of amides is 3. The molecule has 2 aliphatic heterocycles. The number of hydrogen-bond acceptors (Lipinski definition) is 2. The van der Waals surface area contributed by atoms with E-state index in [9.17, 15) is 14.0 Å². The summed E-state index contributed by atoms with van der Waals surface area (Å²) in [5, 5.41) is 2.81. The molecule has 26 heavy (non-hydrogen) atoms. The summed E-state index contributed by atoms with van der Waals surface area (Å²) in [6.45, 7) is 0.823. The van der Waals surface area contributed by atoms with Crippen LogP contribution >= 0.6 is 0 Å². The van der Waals surface area contributed by atoms with E-state index in [-0.39, 0.29) is 11.9 Å². The molecular weight excluding hydrogens is 333 g/mol. The first-order valence-electron chi connectivity index (χ1n) is 8.40. The lowest BCUT2D eigenvalue weighted by Gasteiger charge is -2.31. The fourth-order valence-electron chi connectivity index (χ4n) is 3.49. The molecule has 0 fully saturated rings. The zero-order valence-electron chi connectivity index (χ0n) is 14.3. The van der Waals surface area contributed by atoms with Crippen LogP contribution in [0.3, 0.4) is 0 Å². The van der Waals surface area contributed by atoms with E-state index in [2.05, 4.69) is 5.32 Å². The molecule has 0 saturated carbocycles. The maximum Gasteiger partial charge on any atom is 0.322 e. The first-order chi connectivity index (χ1) is 12.5. The van der Waals surface area contributed by atoms with Crippen LogP contribution in [-0.4, -0.2) is 35.3 Å². The number of rotatable bonds is 3. The molecule has 2 aromatic carbocycles. The van der Waals surface area contributed by atoms with Gasteiger partial charge in [-0.2, -0.15) is 0 Å². The lowest BCUT2D eigenvalue weighted by atomic mass is 9.95. The van der Waals surface area contributed by atoms with Crippen LogP contribution in [0.2, 0.25) is 0 Å². The Morgan fingerprint density at radius 2 is 1.88 bits per heavy atom. The Kier molecular flexibility index (Phi) is 3.95. The van der Waals surface area contributed by atoms with Gasteiger partial charge in [-0.3, -0.25) is 9.69 Å². The molecule has 3 amide bonds. The van der Waals surface area contributed by atoms with Gasteiger partial charge in [0, 0.05) is 13.6 Å². The summed E-state index contributed by atoms with van der Waals surface area (Å²) in [6.07, 6.45) is 0. The van der Waals surface area contributed by atoms with Crippen molar-refractivity contribution < 1.29 is 14.0 Å². The van der Waals surface area contributed by atoms with Gasteiger partial charge in [0.25, 0.3) is 5.91 Å². The average Bonchev–Trinajstić information content (AvgIpc) is 2.96. The molecule has 4 rings (SSSR count). The van der Waals surface area contributed by atoms with Crippen molar-refractivity contribution in [1.29, 1.82) is 0 Å².